The van der Waals surface area contributed by atoms with Gasteiger partial charge in [-0.1, -0.05) is 46.2 Å². The predicted octanol–water partition coefficient (Wildman–Crippen LogP) is 3.93. The van der Waals surface area contributed by atoms with Crippen LogP contribution in [0.25, 0.3) is 0 Å². The highest BCUT2D eigenvalue weighted by Gasteiger charge is 2.22. The van der Waals surface area contributed by atoms with Crippen molar-refractivity contribution in [3.8, 4) is 5.75 Å². The Balaban J connectivity index is 0.000000606. The Bertz CT molecular complexity index is 311. The molecule has 0 saturated carbocycles. The molecule has 2 rings (SSSR count). The number of para-hydroxylation sites is 2. The Morgan fingerprint density at radius 1 is 1.38 bits per heavy atom. The maximum absolute atomic E-state index is 5.70. The van der Waals surface area contributed by atoms with E-state index in [1.165, 1.54) is 6.42 Å². The van der Waals surface area contributed by atoms with Crippen LogP contribution in [0.15, 0.2) is 24.3 Å². The lowest BCUT2D eigenvalue weighted by Crippen LogP contribution is -2.36. The molecule has 1 aromatic carbocycles. The SMILES string of the molecule is CC.CCC(C)C1COc2ccccc2N1. The summed E-state index contributed by atoms with van der Waals surface area (Å²) >= 11 is 0. The van der Waals surface area contributed by atoms with Crippen molar-refractivity contribution in [3.63, 3.8) is 0 Å². The van der Waals surface area contributed by atoms with Crippen LogP contribution in [0.1, 0.15) is 34.1 Å². The first-order valence-corrected chi connectivity index (χ1v) is 6.29. The lowest BCUT2D eigenvalue weighted by Gasteiger charge is -2.31. The van der Waals surface area contributed by atoms with Crippen LogP contribution in [0.2, 0.25) is 0 Å². The molecule has 2 nitrogen and oxygen atoms in total. The van der Waals surface area contributed by atoms with Crippen LogP contribution >= 0.6 is 0 Å². The summed E-state index contributed by atoms with van der Waals surface area (Å²) in [6.07, 6.45) is 1.18. The summed E-state index contributed by atoms with van der Waals surface area (Å²) in [5, 5.41) is 3.52. The summed E-state index contributed by atoms with van der Waals surface area (Å²) in [6.45, 7) is 9.26. The van der Waals surface area contributed by atoms with Gasteiger partial charge in [0.1, 0.15) is 12.4 Å². The Hall–Kier alpha value is -1.18. The van der Waals surface area contributed by atoms with E-state index < -0.39 is 0 Å². The van der Waals surface area contributed by atoms with Crippen LogP contribution in [0.4, 0.5) is 5.69 Å². The molecule has 0 aromatic heterocycles. The van der Waals surface area contributed by atoms with Crippen LogP contribution in [0, 0.1) is 5.92 Å². The summed E-state index contributed by atoms with van der Waals surface area (Å²) in [4.78, 5) is 0. The molecule has 2 heteroatoms. The monoisotopic (exact) mass is 221 g/mol. The number of benzene rings is 1. The molecule has 1 aromatic rings. The number of hydrogen-bond acceptors (Lipinski definition) is 2. The summed E-state index contributed by atoms with van der Waals surface area (Å²) in [5.74, 6) is 1.63. The smallest absolute Gasteiger partial charge is 0.142 e. The minimum atomic E-state index is 0.454. The van der Waals surface area contributed by atoms with Crippen LogP contribution in [-0.4, -0.2) is 12.6 Å². The lowest BCUT2D eigenvalue weighted by molar-refractivity contribution is 0.248. The number of nitrogens with one attached hydrogen (secondary N) is 1. The number of fused-ring (bicyclic) bond motifs is 1. The third kappa shape index (κ3) is 2.91. The van der Waals surface area contributed by atoms with Crippen molar-refractivity contribution in [3.05, 3.63) is 24.3 Å². The number of ether oxygens (including phenoxy) is 1. The highest BCUT2D eigenvalue weighted by molar-refractivity contribution is 5.58. The van der Waals surface area contributed by atoms with E-state index in [9.17, 15) is 0 Å². The molecule has 90 valence electrons. The molecule has 1 aliphatic rings. The zero-order valence-electron chi connectivity index (χ0n) is 10.8. The number of rotatable bonds is 2. The van der Waals surface area contributed by atoms with Gasteiger partial charge in [-0.3, -0.25) is 0 Å². The van der Waals surface area contributed by atoms with Gasteiger partial charge in [-0.15, -0.1) is 0 Å². The first kappa shape index (κ1) is 12.9. The summed E-state index contributed by atoms with van der Waals surface area (Å²) < 4.78 is 5.70. The average molecular weight is 221 g/mol. The van der Waals surface area contributed by atoms with Crippen molar-refractivity contribution in [2.24, 2.45) is 5.92 Å². The van der Waals surface area contributed by atoms with E-state index in [0.717, 1.165) is 18.0 Å². The second-order valence-electron chi connectivity index (χ2n) is 3.94. The van der Waals surface area contributed by atoms with Gasteiger partial charge in [0.15, 0.2) is 0 Å². The molecule has 1 heterocycles. The molecule has 0 aliphatic carbocycles. The molecule has 0 amide bonds. The maximum atomic E-state index is 5.70. The van der Waals surface area contributed by atoms with Gasteiger partial charge >= 0.3 is 0 Å². The molecule has 0 radical (unpaired) electrons. The first-order valence-electron chi connectivity index (χ1n) is 6.29. The van der Waals surface area contributed by atoms with Gasteiger partial charge in [-0.2, -0.15) is 0 Å². The van der Waals surface area contributed by atoms with Gasteiger partial charge in [0.25, 0.3) is 0 Å². The van der Waals surface area contributed by atoms with Crippen LogP contribution < -0.4 is 10.1 Å². The quantitative estimate of drug-likeness (QED) is 0.817. The topological polar surface area (TPSA) is 21.3 Å². The third-order valence-electron chi connectivity index (χ3n) is 2.98. The van der Waals surface area contributed by atoms with Crippen LogP contribution in [0.3, 0.4) is 0 Å². The van der Waals surface area contributed by atoms with Crippen LogP contribution in [0.5, 0.6) is 5.75 Å². The number of anilines is 1. The maximum Gasteiger partial charge on any atom is 0.142 e. The van der Waals surface area contributed by atoms with E-state index in [-0.39, 0.29) is 0 Å². The highest BCUT2D eigenvalue weighted by Crippen LogP contribution is 2.30. The fourth-order valence-corrected chi connectivity index (χ4v) is 1.72. The molecule has 0 spiro atoms. The molecule has 1 N–H and O–H groups in total. The minimum absolute atomic E-state index is 0.454. The molecule has 2 atom stereocenters. The van der Waals surface area contributed by atoms with E-state index >= 15 is 0 Å². The zero-order valence-corrected chi connectivity index (χ0v) is 10.8. The normalized spacial score (nSPS) is 19.4. The van der Waals surface area contributed by atoms with E-state index in [0.29, 0.717) is 12.0 Å². The Labute approximate surface area is 99.0 Å². The van der Waals surface area contributed by atoms with Gasteiger partial charge in [0, 0.05) is 0 Å². The second kappa shape index (κ2) is 6.41. The first-order chi connectivity index (χ1) is 7.81. The Kier molecular flexibility index (Phi) is 5.17. The Morgan fingerprint density at radius 2 is 2.06 bits per heavy atom. The van der Waals surface area contributed by atoms with E-state index in [1.54, 1.807) is 0 Å². The van der Waals surface area contributed by atoms with Crippen molar-refractivity contribution in [2.45, 2.75) is 40.2 Å². The van der Waals surface area contributed by atoms with Crippen molar-refractivity contribution in [1.82, 2.24) is 0 Å². The van der Waals surface area contributed by atoms with Gasteiger partial charge in [-0.25, -0.2) is 0 Å². The largest absolute Gasteiger partial charge is 0.489 e. The van der Waals surface area contributed by atoms with Crippen molar-refractivity contribution in [2.75, 3.05) is 11.9 Å². The molecule has 0 saturated heterocycles. The fraction of sp³-hybridized carbons (Fsp3) is 0.571. The van der Waals surface area contributed by atoms with Gasteiger partial charge in [0.05, 0.1) is 11.7 Å². The summed E-state index contributed by atoms with van der Waals surface area (Å²) in [7, 11) is 0. The van der Waals surface area contributed by atoms with E-state index in [1.807, 2.05) is 32.0 Å². The van der Waals surface area contributed by atoms with Crippen molar-refractivity contribution < 1.29 is 4.74 Å². The molecule has 16 heavy (non-hydrogen) atoms. The fourth-order valence-electron chi connectivity index (χ4n) is 1.72. The van der Waals surface area contributed by atoms with Gasteiger partial charge in [-0.05, 0) is 18.1 Å². The molecule has 1 aliphatic heterocycles. The standard InChI is InChI=1S/C12H17NO.C2H6/c1-3-9(2)11-8-14-12-7-5-4-6-10(12)13-11;1-2/h4-7,9,11,13H,3,8H2,1-2H3;1-2H3. The summed E-state index contributed by atoms with van der Waals surface area (Å²) in [6, 6.07) is 8.58. The third-order valence-corrected chi connectivity index (χ3v) is 2.98. The Morgan fingerprint density at radius 3 is 2.75 bits per heavy atom. The molecule has 2 unspecified atom stereocenters. The molecular weight excluding hydrogens is 198 g/mol. The lowest BCUT2D eigenvalue weighted by atomic mass is 9.98. The van der Waals surface area contributed by atoms with Crippen molar-refractivity contribution >= 4 is 5.69 Å². The predicted molar refractivity (Wildman–Crippen MR) is 70.2 cm³/mol. The van der Waals surface area contributed by atoms with E-state index in [4.69, 9.17) is 4.74 Å². The second-order valence-corrected chi connectivity index (χ2v) is 3.94. The number of hydrogen-bond donors (Lipinski definition) is 1. The van der Waals surface area contributed by atoms with Crippen LogP contribution in [-0.2, 0) is 0 Å². The summed E-state index contributed by atoms with van der Waals surface area (Å²) in [5.41, 5.74) is 1.13. The minimum Gasteiger partial charge on any atom is -0.489 e. The highest BCUT2D eigenvalue weighted by atomic mass is 16.5. The van der Waals surface area contributed by atoms with Crippen molar-refractivity contribution in [1.29, 1.82) is 0 Å². The molecule has 0 fully saturated rings. The van der Waals surface area contributed by atoms with E-state index in [2.05, 4.69) is 25.2 Å². The average Bonchev–Trinajstić information content (AvgIpc) is 2.39. The molecular formula is C14H23NO. The molecule has 0 bridgehead atoms. The zero-order chi connectivity index (χ0) is 12.0. The van der Waals surface area contributed by atoms with Gasteiger partial charge < -0.3 is 10.1 Å². The van der Waals surface area contributed by atoms with Gasteiger partial charge in [0.2, 0.25) is 0 Å².